The first-order valence-corrected chi connectivity index (χ1v) is 7.26. The minimum absolute atomic E-state index is 0.542. The molecule has 0 heterocycles. The van der Waals surface area contributed by atoms with Gasteiger partial charge in [-0.1, -0.05) is 53.5 Å². The summed E-state index contributed by atoms with van der Waals surface area (Å²) in [7, 11) is 0. The zero-order chi connectivity index (χ0) is 13.7. The second-order valence-corrected chi connectivity index (χ2v) is 5.39. The highest BCUT2D eigenvalue weighted by Crippen LogP contribution is 2.22. The summed E-state index contributed by atoms with van der Waals surface area (Å²) in [6.45, 7) is 1.55. The Morgan fingerprint density at radius 3 is 2.16 bits per heavy atom. The molecule has 19 heavy (non-hydrogen) atoms. The summed E-state index contributed by atoms with van der Waals surface area (Å²) < 4.78 is 0. The van der Waals surface area contributed by atoms with E-state index in [1.807, 2.05) is 30.3 Å². The van der Waals surface area contributed by atoms with Gasteiger partial charge >= 0.3 is 0 Å². The molecular formula is C15H14Cl3N. The highest BCUT2D eigenvalue weighted by Gasteiger charge is 2.00. The normalized spacial score (nSPS) is 10.7. The third-order valence-electron chi connectivity index (χ3n) is 2.79. The van der Waals surface area contributed by atoms with Crippen molar-refractivity contribution in [2.75, 3.05) is 0 Å². The highest BCUT2D eigenvalue weighted by molar-refractivity contribution is 6.42. The Kier molecular flexibility index (Phi) is 5.53. The lowest BCUT2D eigenvalue weighted by molar-refractivity contribution is 0.693. The summed E-state index contributed by atoms with van der Waals surface area (Å²) in [5.74, 6) is 0.542. The number of alkyl halides is 1. The van der Waals surface area contributed by atoms with Gasteiger partial charge in [-0.3, -0.25) is 0 Å². The van der Waals surface area contributed by atoms with Gasteiger partial charge < -0.3 is 5.32 Å². The molecule has 0 radical (unpaired) electrons. The van der Waals surface area contributed by atoms with Crippen LogP contribution >= 0.6 is 34.8 Å². The Labute approximate surface area is 128 Å². The first kappa shape index (κ1) is 14.7. The highest BCUT2D eigenvalue weighted by atomic mass is 35.5. The Morgan fingerprint density at radius 2 is 1.47 bits per heavy atom. The van der Waals surface area contributed by atoms with Crippen molar-refractivity contribution in [3.8, 4) is 0 Å². The molecule has 2 aromatic carbocycles. The van der Waals surface area contributed by atoms with Gasteiger partial charge in [-0.05, 0) is 28.8 Å². The van der Waals surface area contributed by atoms with Crippen molar-refractivity contribution in [2.45, 2.75) is 19.0 Å². The lowest BCUT2D eigenvalue weighted by Crippen LogP contribution is -2.12. The predicted octanol–water partition coefficient (Wildman–Crippen LogP) is 5.02. The Bertz CT molecular complexity index is 555. The van der Waals surface area contributed by atoms with Crippen molar-refractivity contribution in [3.63, 3.8) is 0 Å². The van der Waals surface area contributed by atoms with Crippen LogP contribution in [0.3, 0.4) is 0 Å². The first-order valence-electron chi connectivity index (χ1n) is 5.97. The molecule has 0 unspecified atom stereocenters. The quantitative estimate of drug-likeness (QED) is 0.764. The van der Waals surface area contributed by atoms with E-state index in [-0.39, 0.29) is 0 Å². The molecule has 100 valence electrons. The Balaban J connectivity index is 1.90. The van der Waals surface area contributed by atoms with Crippen molar-refractivity contribution in [1.29, 1.82) is 0 Å². The fourth-order valence-corrected chi connectivity index (χ4v) is 2.31. The average Bonchev–Trinajstić information content (AvgIpc) is 2.43. The lowest BCUT2D eigenvalue weighted by Gasteiger charge is -2.07. The maximum absolute atomic E-state index is 5.97. The number of halogens is 3. The topological polar surface area (TPSA) is 12.0 Å². The van der Waals surface area contributed by atoms with Crippen LogP contribution in [0.4, 0.5) is 0 Å². The third-order valence-corrected chi connectivity index (χ3v) is 3.84. The number of benzene rings is 2. The minimum atomic E-state index is 0.542. The van der Waals surface area contributed by atoms with Gasteiger partial charge in [0.05, 0.1) is 10.0 Å². The standard InChI is InChI=1S/C15H14Cl3N/c16-8-11-2-1-3-12(6-11)9-19-10-13-4-5-14(17)15(18)7-13/h1-7,19H,8-10H2. The molecule has 0 saturated carbocycles. The van der Waals surface area contributed by atoms with Gasteiger partial charge in [-0.2, -0.15) is 0 Å². The first-order chi connectivity index (χ1) is 9.19. The van der Waals surface area contributed by atoms with Gasteiger partial charge in [-0.15, -0.1) is 11.6 Å². The largest absolute Gasteiger partial charge is 0.309 e. The second-order valence-electron chi connectivity index (χ2n) is 4.31. The molecule has 0 amide bonds. The molecule has 4 heteroatoms. The third kappa shape index (κ3) is 4.39. The molecule has 0 saturated heterocycles. The van der Waals surface area contributed by atoms with Crippen LogP contribution in [0.5, 0.6) is 0 Å². The van der Waals surface area contributed by atoms with Crippen molar-refractivity contribution >= 4 is 34.8 Å². The minimum Gasteiger partial charge on any atom is -0.309 e. The van der Waals surface area contributed by atoms with Crippen molar-refractivity contribution in [2.24, 2.45) is 0 Å². The second kappa shape index (κ2) is 7.16. The van der Waals surface area contributed by atoms with Crippen molar-refractivity contribution < 1.29 is 0 Å². The molecule has 0 aliphatic rings. The van der Waals surface area contributed by atoms with E-state index >= 15 is 0 Å². The van der Waals surface area contributed by atoms with Gasteiger partial charge in [-0.25, -0.2) is 0 Å². The Morgan fingerprint density at radius 1 is 0.789 bits per heavy atom. The molecule has 0 bridgehead atoms. The van der Waals surface area contributed by atoms with E-state index in [0.717, 1.165) is 24.2 Å². The summed E-state index contributed by atoms with van der Waals surface area (Å²) >= 11 is 17.7. The molecule has 0 spiro atoms. The molecule has 2 rings (SSSR count). The monoisotopic (exact) mass is 313 g/mol. The van der Waals surface area contributed by atoms with E-state index in [1.54, 1.807) is 0 Å². The molecule has 0 aromatic heterocycles. The van der Waals surface area contributed by atoms with Gasteiger partial charge in [0.25, 0.3) is 0 Å². The Hall–Kier alpha value is -0.730. The zero-order valence-corrected chi connectivity index (χ0v) is 12.6. The molecule has 0 fully saturated rings. The van der Waals surface area contributed by atoms with Crippen LogP contribution in [0.25, 0.3) is 0 Å². The van der Waals surface area contributed by atoms with Gasteiger partial charge in [0.1, 0.15) is 0 Å². The van der Waals surface area contributed by atoms with Crippen LogP contribution in [0.15, 0.2) is 42.5 Å². The fraction of sp³-hybridized carbons (Fsp3) is 0.200. The average molecular weight is 315 g/mol. The van der Waals surface area contributed by atoms with Gasteiger partial charge in [0.15, 0.2) is 0 Å². The van der Waals surface area contributed by atoms with Crippen LogP contribution < -0.4 is 5.32 Å². The van der Waals surface area contributed by atoms with Gasteiger partial charge in [0.2, 0.25) is 0 Å². The zero-order valence-electron chi connectivity index (χ0n) is 10.3. The summed E-state index contributed by atoms with van der Waals surface area (Å²) in [6.07, 6.45) is 0. The molecule has 1 nitrogen and oxygen atoms in total. The summed E-state index contributed by atoms with van der Waals surface area (Å²) in [5, 5.41) is 4.54. The smallest absolute Gasteiger partial charge is 0.0595 e. The van der Waals surface area contributed by atoms with E-state index in [1.165, 1.54) is 5.56 Å². The molecule has 0 atom stereocenters. The van der Waals surface area contributed by atoms with E-state index in [2.05, 4.69) is 17.4 Å². The van der Waals surface area contributed by atoms with Crippen LogP contribution in [0.1, 0.15) is 16.7 Å². The van der Waals surface area contributed by atoms with Crippen molar-refractivity contribution in [3.05, 3.63) is 69.2 Å². The summed E-state index contributed by atoms with van der Waals surface area (Å²) in [6, 6.07) is 13.9. The van der Waals surface area contributed by atoms with E-state index in [0.29, 0.717) is 15.9 Å². The van der Waals surface area contributed by atoms with E-state index in [4.69, 9.17) is 34.8 Å². The molecule has 2 aromatic rings. The maximum atomic E-state index is 5.97. The van der Waals surface area contributed by atoms with E-state index < -0.39 is 0 Å². The molecular weight excluding hydrogens is 301 g/mol. The number of nitrogens with one attached hydrogen (secondary N) is 1. The van der Waals surface area contributed by atoms with Crippen LogP contribution in [-0.4, -0.2) is 0 Å². The fourth-order valence-electron chi connectivity index (χ4n) is 1.82. The van der Waals surface area contributed by atoms with Gasteiger partial charge in [0, 0.05) is 19.0 Å². The van der Waals surface area contributed by atoms with Crippen LogP contribution in [0, 0.1) is 0 Å². The summed E-state index contributed by atoms with van der Waals surface area (Å²) in [5.41, 5.74) is 3.47. The van der Waals surface area contributed by atoms with Crippen LogP contribution in [-0.2, 0) is 19.0 Å². The molecule has 0 aliphatic heterocycles. The van der Waals surface area contributed by atoms with Crippen molar-refractivity contribution in [1.82, 2.24) is 5.32 Å². The molecule has 1 N–H and O–H groups in total. The van der Waals surface area contributed by atoms with Crippen LogP contribution in [0.2, 0.25) is 10.0 Å². The van der Waals surface area contributed by atoms with E-state index in [9.17, 15) is 0 Å². The summed E-state index contributed by atoms with van der Waals surface area (Å²) in [4.78, 5) is 0. The number of hydrogen-bond acceptors (Lipinski definition) is 1. The number of rotatable bonds is 5. The SMILES string of the molecule is ClCc1cccc(CNCc2ccc(Cl)c(Cl)c2)c1. The maximum Gasteiger partial charge on any atom is 0.0595 e. The number of hydrogen-bond donors (Lipinski definition) is 1. The molecule has 0 aliphatic carbocycles. The predicted molar refractivity (Wildman–Crippen MR) is 83.0 cm³/mol. The lowest BCUT2D eigenvalue weighted by atomic mass is 10.1.